The zero-order chi connectivity index (χ0) is 14.8. The smallest absolute Gasteiger partial charge is 0.325 e. The number of hydrogen-bond acceptors (Lipinski definition) is 3. The summed E-state index contributed by atoms with van der Waals surface area (Å²) in [6.07, 6.45) is 5.31. The maximum absolute atomic E-state index is 12.1. The lowest BCUT2D eigenvalue weighted by Gasteiger charge is -2.33. The lowest BCUT2D eigenvalue weighted by Crippen LogP contribution is -2.53. The molecule has 2 rings (SSSR count). The van der Waals surface area contributed by atoms with Crippen molar-refractivity contribution >= 4 is 17.8 Å². The molecule has 4 amide bonds. The van der Waals surface area contributed by atoms with Crippen LogP contribution in [0.5, 0.6) is 0 Å². The van der Waals surface area contributed by atoms with Crippen molar-refractivity contribution in [2.75, 3.05) is 6.54 Å². The lowest BCUT2D eigenvalue weighted by atomic mass is 9.91. The molecule has 2 fully saturated rings. The van der Waals surface area contributed by atoms with Crippen LogP contribution in [0.2, 0.25) is 0 Å². The Bertz CT molecular complexity index is 412. The van der Waals surface area contributed by atoms with Crippen LogP contribution in [0.4, 0.5) is 4.79 Å². The lowest BCUT2D eigenvalue weighted by molar-refractivity contribution is -0.129. The van der Waals surface area contributed by atoms with Crippen LogP contribution >= 0.6 is 0 Å². The van der Waals surface area contributed by atoms with Crippen molar-refractivity contribution in [3.63, 3.8) is 0 Å². The molecule has 1 aliphatic carbocycles. The highest BCUT2D eigenvalue weighted by Crippen LogP contribution is 2.29. The maximum Gasteiger partial charge on any atom is 0.325 e. The van der Waals surface area contributed by atoms with E-state index < -0.39 is 11.6 Å². The van der Waals surface area contributed by atoms with Crippen molar-refractivity contribution < 1.29 is 14.4 Å². The molecular weight excluding hydrogens is 258 g/mol. The van der Waals surface area contributed by atoms with Crippen molar-refractivity contribution in [2.45, 2.75) is 64.0 Å². The summed E-state index contributed by atoms with van der Waals surface area (Å²) in [5.74, 6) is -0.464. The number of urea groups is 1. The van der Waals surface area contributed by atoms with Gasteiger partial charge in [0.1, 0.15) is 12.1 Å². The Morgan fingerprint density at radius 1 is 1.30 bits per heavy atom. The van der Waals surface area contributed by atoms with Gasteiger partial charge in [0, 0.05) is 6.04 Å². The molecule has 0 aromatic rings. The summed E-state index contributed by atoms with van der Waals surface area (Å²) in [5, 5.41) is 5.28. The maximum atomic E-state index is 12.1. The van der Waals surface area contributed by atoms with Crippen LogP contribution in [-0.2, 0) is 9.59 Å². The first-order valence-corrected chi connectivity index (χ1v) is 7.46. The molecule has 0 atom stereocenters. The molecule has 112 valence electrons. The summed E-state index contributed by atoms with van der Waals surface area (Å²) in [6, 6.07) is -0.234. The SMILES string of the molecule is CCC1(CC)C(=O)NC(=O)N1CC(=O)NC1CCCC1. The highest BCUT2D eigenvalue weighted by Gasteiger charge is 2.50. The van der Waals surface area contributed by atoms with Gasteiger partial charge in [0.25, 0.3) is 5.91 Å². The second kappa shape index (κ2) is 5.81. The molecule has 20 heavy (non-hydrogen) atoms. The van der Waals surface area contributed by atoms with Gasteiger partial charge in [-0.15, -0.1) is 0 Å². The molecular formula is C14H23N3O3. The molecule has 0 bridgehead atoms. The zero-order valence-corrected chi connectivity index (χ0v) is 12.2. The summed E-state index contributed by atoms with van der Waals surface area (Å²) in [6.45, 7) is 3.68. The summed E-state index contributed by atoms with van der Waals surface area (Å²) >= 11 is 0. The normalized spacial score (nSPS) is 22.2. The average Bonchev–Trinajstić information content (AvgIpc) is 2.98. The number of amides is 4. The highest BCUT2D eigenvalue weighted by molar-refractivity contribution is 6.08. The van der Waals surface area contributed by atoms with Crippen LogP contribution in [0.15, 0.2) is 0 Å². The molecule has 1 saturated carbocycles. The van der Waals surface area contributed by atoms with E-state index in [1.165, 1.54) is 4.90 Å². The number of rotatable bonds is 5. The van der Waals surface area contributed by atoms with Crippen LogP contribution in [0, 0.1) is 0 Å². The minimum atomic E-state index is -0.871. The van der Waals surface area contributed by atoms with Gasteiger partial charge in [0.15, 0.2) is 0 Å². The van der Waals surface area contributed by atoms with Crippen LogP contribution < -0.4 is 10.6 Å². The van der Waals surface area contributed by atoms with E-state index in [9.17, 15) is 14.4 Å². The molecule has 2 N–H and O–H groups in total. The first-order chi connectivity index (χ1) is 9.53. The Kier molecular flexibility index (Phi) is 4.30. The van der Waals surface area contributed by atoms with Crippen LogP contribution in [0.25, 0.3) is 0 Å². The standard InChI is InChI=1S/C14H23N3O3/c1-3-14(4-2)12(19)16-13(20)17(14)9-11(18)15-10-7-5-6-8-10/h10H,3-9H2,1-2H3,(H,15,18)(H,16,19,20). The Hall–Kier alpha value is -1.59. The van der Waals surface area contributed by atoms with Crippen molar-refractivity contribution in [3.05, 3.63) is 0 Å². The van der Waals surface area contributed by atoms with Gasteiger partial charge < -0.3 is 10.2 Å². The molecule has 1 aliphatic heterocycles. The Labute approximate surface area is 119 Å². The number of imide groups is 1. The molecule has 1 heterocycles. The van der Waals surface area contributed by atoms with Crippen LogP contribution in [0.3, 0.4) is 0 Å². The predicted molar refractivity (Wildman–Crippen MR) is 74.0 cm³/mol. The summed E-state index contributed by atoms with van der Waals surface area (Å²) in [4.78, 5) is 37.4. The van der Waals surface area contributed by atoms with Gasteiger partial charge in [-0.3, -0.25) is 14.9 Å². The van der Waals surface area contributed by atoms with E-state index in [0.717, 1.165) is 25.7 Å². The molecule has 2 aliphatic rings. The molecule has 1 saturated heterocycles. The number of hydrogen-bond donors (Lipinski definition) is 2. The number of carbonyl (C=O) groups excluding carboxylic acids is 3. The van der Waals surface area contributed by atoms with Crippen molar-refractivity contribution in [1.82, 2.24) is 15.5 Å². The molecule has 0 unspecified atom stereocenters. The minimum Gasteiger partial charge on any atom is -0.352 e. The summed E-state index contributed by atoms with van der Waals surface area (Å²) in [5.41, 5.74) is -0.871. The molecule has 6 nitrogen and oxygen atoms in total. The van der Waals surface area contributed by atoms with Gasteiger partial charge in [0.2, 0.25) is 5.91 Å². The Morgan fingerprint density at radius 3 is 2.45 bits per heavy atom. The van der Waals surface area contributed by atoms with Crippen molar-refractivity contribution in [1.29, 1.82) is 0 Å². The van der Waals surface area contributed by atoms with Gasteiger partial charge in [-0.1, -0.05) is 26.7 Å². The number of carbonyl (C=O) groups is 3. The van der Waals surface area contributed by atoms with Crippen molar-refractivity contribution in [3.8, 4) is 0 Å². The minimum absolute atomic E-state index is 0.0459. The zero-order valence-electron chi connectivity index (χ0n) is 12.2. The summed E-state index contributed by atoms with van der Waals surface area (Å²) < 4.78 is 0. The van der Waals surface area contributed by atoms with Gasteiger partial charge in [-0.05, 0) is 25.7 Å². The van der Waals surface area contributed by atoms with E-state index in [1.807, 2.05) is 13.8 Å². The molecule has 0 aromatic heterocycles. The largest absolute Gasteiger partial charge is 0.352 e. The third-order valence-corrected chi connectivity index (χ3v) is 4.60. The fraction of sp³-hybridized carbons (Fsp3) is 0.786. The highest BCUT2D eigenvalue weighted by atomic mass is 16.2. The third-order valence-electron chi connectivity index (χ3n) is 4.60. The van der Waals surface area contributed by atoms with Gasteiger partial charge in [0.05, 0.1) is 0 Å². The topological polar surface area (TPSA) is 78.5 Å². The van der Waals surface area contributed by atoms with E-state index in [2.05, 4.69) is 10.6 Å². The van der Waals surface area contributed by atoms with Crippen LogP contribution in [0.1, 0.15) is 52.4 Å². The van der Waals surface area contributed by atoms with Gasteiger partial charge in [-0.25, -0.2) is 4.79 Å². The molecule has 0 aromatic carbocycles. The second-order valence-corrected chi connectivity index (χ2v) is 5.63. The second-order valence-electron chi connectivity index (χ2n) is 5.63. The first-order valence-electron chi connectivity index (χ1n) is 7.46. The fourth-order valence-corrected chi connectivity index (χ4v) is 3.26. The van der Waals surface area contributed by atoms with E-state index in [-0.39, 0.29) is 24.4 Å². The van der Waals surface area contributed by atoms with E-state index in [1.54, 1.807) is 0 Å². The Balaban J connectivity index is 2.03. The molecule has 0 radical (unpaired) electrons. The first kappa shape index (κ1) is 14.8. The molecule has 6 heteroatoms. The van der Waals surface area contributed by atoms with E-state index in [0.29, 0.717) is 12.8 Å². The molecule has 0 spiro atoms. The monoisotopic (exact) mass is 281 g/mol. The van der Waals surface area contributed by atoms with Gasteiger partial charge in [-0.2, -0.15) is 0 Å². The third kappa shape index (κ3) is 2.51. The van der Waals surface area contributed by atoms with Crippen LogP contribution in [-0.4, -0.2) is 40.9 Å². The number of nitrogens with one attached hydrogen (secondary N) is 2. The Morgan fingerprint density at radius 2 is 1.90 bits per heavy atom. The van der Waals surface area contributed by atoms with E-state index in [4.69, 9.17) is 0 Å². The van der Waals surface area contributed by atoms with Crippen molar-refractivity contribution in [2.24, 2.45) is 0 Å². The average molecular weight is 281 g/mol. The predicted octanol–water partition coefficient (Wildman–Crippen LogP) is 1.16. The fourth-order valence-electron chi connectivity index (χ4n) is 3.26. The number of nitrogens with zero attached hydrogens (tertiary/aromatic N) is 1. The van der Waals surface area contributed by atoms with Gasteiger partial charge >= 0.3 is 6.03 Å². The summed E-state index contributed by atoms with van der Waals surface area (Å²) in [7, 11) is 0. The van der Waals surface area contributed by atoms with E-state index >= 15 is 0 Å². The quantitative estimate of drug-likeness (QED) is 0.742.